The maximum Gasteiger partial charge on any atom is 0.336 e. The Morgan fingerprint density at radius 3 is 2.21 bits per heavy atom. The number of hydrogen-bond donors (Lipinski definition) is 2. The van der Waals surface area contributed by atoms with Crippen molar-refractivity contribution >= 4 is 11.9 Å². The predicted octanol–water partition coefficient (Wildman–Crippen LogP) is 1.37. The minimum atomic E-state index is -1.10. The van der Waals surface area contributed by atoms with Gasteiger partial charge in [-0.3, -0.25) is 4.79 Å². The van der Waals surface area contributed by atoms with Crippen LogP contribution in [0.2, 0.25) is 0 Å². The summed E-state index contributed by atoms with van der Waals surface area (Å²) in [6.45, 7) is 2.64. The summed E-state index contributed by atoms with van der Waals surface area (Å²) >= 11 is 0. The zero-order valence-electron chi connectivity index (χ0n) is 10.8. The fourth-order valence-corrected chi connectivity index (χ4v) is 2.22. The lowest BCUT2D eigenvalue weighted by molar-refractivity contribution is -0.00213. The second-order valence-electron chi connectivity index (χ2n) is 5.14. The molecule has 1 aromatic rings. The molecule has 5 heteroatoms. The van der Waals surface area contributed by atoms with Crippen molar-refractivity contribution in [1.82, 2.24) is 4.90 Å². The van der Waals surface area contributed by atoms with Crippen LogP contribution in [0.1, 0.15) is 40.5 Å². The summed E-state index contributed by atoms with van der Waals surface area (Å²) in [7, 11) is 0. The molecule has 1 heterocycles. The number of likely N-dealkylation sites (tertiary alicyclic amines) is 1. The van der Waals surface area contributed by atoms with E-state index in [0.29, 0.717) is 25.9 Å². The van der Waals surface area contributed by atoms with Crippen LogP contribution in [0, 0.1) is 0 Å². The van der Waals surface area contributed by atoms with E-state index in [9.17, 15) is 14.7 Å². The fraction of sp³-hybridized carbons (Fsp3) is 0.429. The number of carboxylic acid groups (broad SMARTS) is 1. The fourth-order valence-electron chi connectivity index (χ4n) is 2.22. The number of aromatic carboxylic acids is 1. The molecular formula is C14H17NO4. The van der Waals surface area contributed by atoms with Crippen molar-refractivity contribution in [2.45, 2.75) is 25.4 Å². The third-order valence-corrected chi connectivity index (χ3v) is 3.52. The van der Waals surface area contributed by atoms with E-state index in [1.165, 1.54) is 12.1 Å². The third kappa shape index (κ3) is 2.93. The highest BCUT2D eigenvalue weighted by Crippen LogP contribution is 2.23. The minimum absolute atomic E-state index is 0.0184. The molecule has 1 amide bonds. The van der Waals surface area contributed by atoms with Gasteiger partial charge in [0.15, 0.2) is 0 Å². The molecule has 0 aliphatic carbocycles. The number of benzene rings is 1. The second kappa shape index (κ2) is 5.01. The first-order chi connectivity index (χ1) is 8.91. The summed E-state index contributed by atoms with van der Waals surface area (Å²) in [6, 6.07) is 6.20. The van der Waals surface area contributed by atoms with E-state index < -0.39 is 11.6 Å². The van der Waals surface area contributed by atoms with Crippen molar-refractivity contribution in [3.05, 3.63) is 35.4 Å². The van der Waals surface area contributed by atoms with Gasteiger partial charge in [-0.2, -0.15) is 0 Å². The first-order valence-electron chi connectivity index (χ1n) is 6.25. The predicted molar refractivity (Wildman–Crippen MR) is 69.2 cm³/mol. The van der Waals surface area contributed by atoms with Gasteiger partial charge >= 0.3 is 5.97 Å². The van der Waals surface area contributed by atoms with Crippen molar-refractivity contribution < 1.29 is 19.8 Å². The Labute approximate surface area is 111 Å². The number of amides is 1. The van der Waals surface area contributed by atoms with E-state index in [1.807, 2.05) is 0 Å². The van der Waals surface area contributed by atoms with E-state index in [1.54, 1.807) is 24.0 Å². The molecule has 2 N–H and O–H groups in total. The first kappa shape index (κ1) is 13.5. The van der Waals surface area contributed by atoms with Gasteiger partial charge in [-0.15, -0.1) is 0 Å². The number of piperidine rings is 1. The van der Waals surface area contributed by atoms with Crippen LogP contribution in [0.25, 0.3) is 0 Å². The molecule has 0 unspecified atom stereocenters. The molecule has 1 fully saturated rings. The molecule has 0 saturated carbocycles. The minimum Gasteiger partial charge on any atom is -0.478 e. The molecule has 2 rings (SSSR count). The quantitative estimate of drug-likeness (QED) is 0.844. The Bertz CT molecular complexity index is 500. The van der Waals surface area contributed by atoms with Crippen molar-refractivity contribution in [3.63, 3.8) is 0 Å². The van der Waals surface area contributed by atoms with Crippen molar-refractivity contribution in [3.8, 4) is 0 Å². The summed E-state index contributed by atoms with van der Waals surface area (Å²) in [4.78, 5) is 25.0. The maximum absolute atomic E-state index is 12.3. The van der Waals surface area contributed by atoms with Gasteiger partial charge in [-0.25, -0.2) is 4.79 Å². The van der Waals surface area contributed by atoms with E-state index in [2.05, 4.69) is 0 Å². The summed E-state index contributed by atoms with van der Waals surface area (Å²) in [5.74, 6) is -1.39. The molecule has 0 bridgehead atoms. The Morgan fingerprint density at radius 1 is 1.16 bits per heavy atom. The number of rotatable bonds is 2. The second-order valence-corrected chi connectivity index (χ2v) is 5.14. The standard InChI is InChI=1S/C14H17NO4/c1-14(19)6-8-15(9-7-14)12(16)10-4-2-3-5-11(10)13(17)18/h2-5,19H,6-9H2,1H3,(H,17,18). The highest BCUT2D eigenvalue weighted by atomic mass is 16.4. The van der Waals surface area contributed by atoms with Crippen LogP contribution < -0.4 is 0 Å². The van der Waals surface area contributed by atoms with E-state index >= 15 is 0 Å². The maximum atomic E-state index is 12.3. The van der Waals surface area contributed by atoms with Crippen LogP contribution in [-0.2, 0) is 0 Å². The number of carbonyl (C=O) groups is 2. The lowest BCUT2D eigenvalue weighted by atomic mass is 9.93. The molecule has 102 valence electrons. The van der Waals surface area contributed by atoms with Gasteiger partial charge in [0.05, 0.1) is 16.7 Å². The van der Waals surface area contributed by atoms with Crippen molar-refractivity contribution in [2.24, 2.45) is 0 Å². The normalized spacial score (nSPS) is 18.1. The molecule has 1 saturated heterocycles. The van der Waals surface area contributed by atoms with Gasteiger partial charge in [-0.05, 0) is 31.9 Å². The highest BCUT2D eigenvalue weighted by molar-refractivity contribution is 6.04. The summed E-state index contributed by atoms with van der Waals surface area (Å²) in [5.41, 5.74) is -0.510. The van der Waals surface area contributed by atoms with Gasteiger partial charge in [0, 0.05) is 13.1 Å². The van der Waals surface area contributed by atoms with Gasteiger partial charge < -0.3 is 15.1 Å². The topological polar surface area (TPSA) is 77.8 Å². The number of nitrogens with zero attached hydrogens (tertiary/aromatic N) is 1. The van der Waals surface area contributed by atoms with Gasteiger partial charge in [-0.1, -0.05) is 12.1 Å². The summed E-state index contributed by atoms with van der Waals surface area (Å²) in [6.07, 6.45) is 1.02. The molecule has 19 heavy (non-hydrogen) atoms. The van der Waals surface area contributed by atoms with Crippen LogP contribution >= 0.6 is 0 Å². The lowest BCUT2D eigenvalue weighted by Crippen LogP contribution is -2.45. The molecule has 1 aliphatic rings. The molecule has 0 spiro atoms. The molecule has 0 atom stereocenters. The van der Waals surface area contributed by atoms with Crippen LogP contribution in [0.4, 0.5) is 0 Å². The molecule has 0 aromatic heterocycles. The first-order valence-corrected chi connectivity index (χ1v) is 6.25. The van der Waals surface area contributed by atoms with Gasteiger partial charge in [0.2, 0.25) is 0 Å². The monoisotopic (exact) mass is 263 g/mol. The van der Waals surface area contributed by atoms with Crippen LogP contribution in [0.15, 0.2) is 24.3 Å². The van der Waals surface area contributed by atoms with Gasteiger partial charge in [0.1, 0.15) is 0 Å². The van der Waals surface area contributed by atoms with Crippen LogP contribution in [-0.4, -0.2) is 45.7 Å². The van der Waals surface area contributed by atoms with E-state index in [-0.39, 0.29) is 17.0 Å². The zero-order chi connectivity index (χ0) is 14.0. The average molecular weight is 263 g/mol. The van der Waals surface area contributed by atoms with Gasteiger partial charge in [0.25, 0.3) is 5.91 Å². The largest absolute Gasteiger partial charge is 0.478 e. The zero-order valence-corrected chi connectivity index (χ0v) is 10.8. The lowest BCUT2D eigenvalue weighted by Gasteiger charge is -2.36. The Morgan fingerprint density at radius 2 is 1.68 bits per heavy atom. The van der Waals surface area contributed by atoms with E-state index in [0.717, 1.165) is 0 Å². The average Bonchev–Trinajstić information content (AvgIpc) is 2.38. The molecular weight excluding hydrogens is 246 g/mol. The Kier molecular flexibility index (Phi) is 3.57. The molecule has 1 aliphatic heterocycles. The molecule has 1 aromatic carbocycles. The van der Waals surface area contributed by atoms with Crippen LogP contribution in [0.3, 0.4) is 0 Å². The molecule has 5 nitrogen and oxygen atoms in total. The Balaban J connectivity index is 2.19. The number of carbonyl (C=O) groups excluding carboxylic acids is 1. The van der Waals surface area contributed by atoms with Crippen molar-refractivity contribution in [2.75, 3.05) is 13.1 Å². The number of aliphatic hydroxyl groups is 1. The molecule has 0 radical (unpaired) electrons. The van der Waals surface area contributed by atoms with Crippen LogP contribution in [0.5, 0.6) is 0 Å². The number of carboxylic acids is 1. The van der Waals surface area contributed by atoms with E-state index in [4.69, 9.17) is 5.11 Å². The number of hydrogen-bond acceptors (Lipinski definition) is 3. The van der Waals surface area contributed by atoms with Crippen molar-refractivity contribution in [1.29, 1.82) is 0 Å². The third-order valence-electron chi connectivity index (χ3n) is 3.52. The highest BCUT2D eigenvalue weighted by Gasteiger charge is 2.31. The smallest absolute Gasteiger partial charge is 0.336 e. The SMILES string of the molecule is CC1(O)CCN(C(=O)c2ccccc2C(=O)O)CC1. The Hall–Kier alpha value is -1.88. The summed E-state index contributed by atoms with van der Waals surface area (Å²) in [5, 5.41) is 18.9. The summed E-state index contributed by atoms with van der Waals surface area (Å²) < 4.78 is 0.